The van der Waals surface area contributed by atoms with Crippen LogP contribution in [0, 0.1) is 30.4 Å². The Morgan fingerprint density at radius 3 is 2.71 bits per heavy atom. The van der Waals surface area contributed by atoms with Crippen LogP contribution in [0.3, 0.4) is 0 Å². The number of hydrogen-bond acceptors (Lipinski definition) is 10. The second-order valence-electron chi connectivity index (χ2n) is 9.59. The molecule has 3 aromatic rings. The molecule has 2 unspecified atom stereocenters. The number of fused-ring (bicyclic) bond motifs is 1. The van der Waals surface area contributed by atoms with E-state index in [1.807, 2.05) is 6.92 Å². The minimum Gasteiger partial charge on any atom is -0.470 e. The Bertz CT molecular complexity index is 1420. The fourth-order valence-electron chi connectivity index (χ4n) is 5.30. The number of nitrogens with zero attached hydrogens (tertiary/aromatic N) is 4. The van der Waals surface area contributed by atoms with Crippen LogP contribution in [0.5, 0.6) is 5.88 Å². The van der Waals surface area contributed by atoms with E-state index in [-0.39, 0.29) is 51.2 Å². The summed E-state index contributed by atoms with van der Waals surface area (Å²) in [5.74, 6) is -2.05. The summed E-state index contributed by atoms with van der Waals surface area (Å²) in [6.45, 7) is 6.02. The molecule has 2 aromatic heterocycles. The minimum absolute atomic E-state index is 0.00352. The number of thioether (sulfide) groups is 1. The van der Waals surface area contributed by atoms with Crippen LogP contribution in [-0.4, -0.2) is 44.7 Å². The number of aromatic nitrogens is 3. The predicted molar refractivity (Wildman–Crippen MR) is 136 cm³/mol. The van der Waals surface area contributed by atoms with Crippen molar-refractivity contribution in [3.63, 3.8) is 0 Å². The Morgan fingerprint density at radius 2 is 2.05 bits per heavy atom. The van der Waals surface area contributed by atoms with E-state index in [2.05, 4.69) is 25.4 Å². The lowest BCUT2D eigenvalue weighted by atomic mass is 9.84. The van der Waals surface area contributed by atoms with E-state index in [0.717, 1.165) is 6.07 Å². The number of carbonyl (C=O) groups is 1. The van der Waals surface area contributed by atoms with E-state index < -0.39 is 23.1 Å². The summed E-state index contributed by atoms with van der Waals surface area (Å²) >= 11 is 1.40. The number of methoxy groups -OCH3 is 1. The number of benzene rings is 1. The van der Waals surface area contributed by atoms with Gasteiger partial charge in [0.2, 0.25) is 5.88 Å². The third-order valence-corrected chi connectivity index (χ3v) is 8.46. The number of nitrogens with one attached hydrogen (secondary N) is 1. The molecule has 0 saturated heterocycles. The van der Waals surface area contributed by atoms with Crippen LogP contribution in [0.25, 0.3) is 0 Å². The quantitative estimate of drug-likeness (QED) is 0.434. The van der Waals surface area contributed by atoms with E-state index in [1.54, 1.807) is 27.0 Å². The van der Waals surface area contributed by atoms with E-state index >= 15 is 4.39 Å². The molecule has 4 atom stereocenters. The number of hydrogen-bond donors (Lipinski definition) is 2. The molecule has 0 radical (unpaired) electrons. The van der Waals surface area contributed by atoms with Gasteiger partial charge in [-0.3, -0.25) is 9.79 Å². The van der Waals surface area contributed by atoms with Crippen molar-refractivity contribution >= 4 is 28.5 Å². The highest BCUT2D eigenvalue weighted by Crippen LogP contribution is 2.69. The topological polar surface area (TPSA) is 138 Å². The molecule has 5 rings (SSSR count). The van der Waals surface area contributed by atoms with E-state index in [1.165, 1.54) is 30.2 Å². The van der Waals surface area contributed by atoms with Crippen molar-refractivity contribution in [2.45, 2.75) is 37.7 Å². The van der Waals surface area contributed by atoms with Crippen LogP contribution >= 0.6 is 11.8 Å². The molecule has 10 nitrogen and oxygen atoms in total. The maximum Gasteiger partial charge on any atom is 0.275 e. The summed E-state index contributed by atoms with van der Waals surface area (Å²) in [5, 5.41) is 6.66. The van der Waals surface area contributed by atoms with Gasteiger partial charge in [0.05, 0.1) is 29.3 Å². The van der Waals surface area contributed by atoms with Gasteiger partial charge in [-0.05, 0) is 25.8 Å². The van der Waals surface area contributed by atoms with Gasteiger partial charge in [0.15, 0.2) is 16.8 Å². The molecule has 3 N–H and O–H groups in total. The van der Waals surface area contributed by atoms with Gasteiger partial charge >= 0.3 is 0 Å². The molecular formula is C25H26F2N6O4S. The van der Waals surface area contributed by atoms with Gasteiger partial charge in [-0.2, -0.15) is 0 Å². The van der Waals surface area contributed by atoms with Crippen molar-refractivity contribution in [1.82, 2.24) is 15.1 Å². The van der Waals surface area contributed by atoms with Gasteiger partial charge in [-0.15, -0.1) is 0 Å². The molecule has 38 heavy (non-hydrogen) atoms. The molecule has 1 saturated carbocycles. The van der Waals surface area contributed by atoms with Crippen LogP contribution in [0.2, 0.25) is 0 Å². The summed E-state index contributed by atoms with van der Waals surface area (Å²) in [4.78, 5) is 25.5. The molecule has 2 aliphatic rings. The highest BCUT2D eigenvalue weighted by Gasteiger charge is 2.72. The highest BCUT2D eigenvalue weighted by molar-refractivity contribution is 8.15. The molecule has 1 amide bonds. The Kier molecular flexibility index (Phi) is 6.59. The SMILES string of the molecule is COC[C@@]12SC(N)=N[C@](C)(c3cc(NC(=O)c4cnc(OCc5cc(C)on5)cn4)cc(F)c3F)C1C2C. The third-order valence-electron chi connectivity index (χ3n) is 7.04. The van der Waals surface area contributed by atoms with Crippen molar-refractivity contribution < 1.29 is 27.6 Å². The fourth-order valence-corrected chi connectivity index (χ4v) is 6.92. The van der Waals surface area contributed by atoms with Crippen molar-refractivity contribution in [3.8, 4) is 5.88 Å². The van der Waals surface area contributed by atoms with Gasteiger partial charge in [0.25, 0.3) is 5.91 Å². The first kappa shape index (κ1) is 26.0. The third kappa shape index (κ3) is 4.49. The van der Waals surface area contributed by atoms with E-state index in [4.69, 9.17) is 19.7 Å². The summed E-state index contributed by atoms with van der Waals surface area (Å²) < 4.78 is 45.5. The average Bonchev–Trinajstić information content (AvgIpc) is 3.22. The Balaban J connectivity index is 1.35. The highest BCUT2D eigenvalue weighted by atomic mass is 32.2. The maximum atomic E-state index is 15.2. The summed E-state index contributed by atoms with van der Waals surface area (Å²) in [5.41, 5.74) is 5.57. The fraction of sp³-hybridized carbons (Fsp3) is 0.400. The zero-order valence-electron chi connectivity index (χ0n) is 21.1. The monoisotopic (exact) mass is 544 g/mol. The Labute approximate surface area is 221 Å². The van der Waals surface area contributed by atoms with Crippen LogP contribution in [0.1, 0.15) is 41.4 Å². The molecule has 0 spiro atoms. The Morgan fingerprint density at radius 1 is 1.26 bits per heavy atom. The number of rotatable bonds is 8. The molecule has 1 aromatic carbocycles. The zero-order valence-corrected chi connectivity index (χ0v) is 21.9. The molecule has 3 heterocycles. The second kappa shape index (κ2) is 9.62. The lowest BCUT2D eigenvalue weighted by Gasteiger charge is -2.34. The normalized spacial score (nSPS) is 25.9. The summed E-state index contributed by atoms with van der Waals surface area (Å²) in [7, 11) is 1.59. The first-order valence-electron chi connectivity index (χ1n) is 11.8. The molecule has 1 aliphatic carbocycles. The lowest BCUT2D eigenvalue weighted by molar-refractivity contribution is 0.102. The van der Waals surface area contributed by atoms with Crippen LogP contribution in [0.15, 0.2) is 40.1 Å². The number of aliphatic imine (C=N–C) groups is 1. The smallest absolute Gasteiger partial charge is 0.275 e. The molecule has 1 fully saturated rings. The summed E-state index contributed by atoms with van der Waals surface area (Å²) in [6, 6.07) is 4.02. The largest absolute Gasteiger partial charge is 0.470 e. The summed E-state index contributed by atoms with van der Waals surface area (Å²) in [6.07, 6.45) is 2.50. The number of ether oxygens (including phenoxy) is 2. The van der Waals surface area contributed by atoms with Crippen LogP contribution < -0.4 is 15.8 Å². The lowest BCUT2D eigenvalue weighted by Crippen LogP contribution is -2.38. The van der Waals surface area contributed by atoms with E-state index in [9.17, 15) is 9.18 Å². The van der Waals surface area contributed by atoms with Crippen molar-refractivity contribution in [2.24, 2.45) is 22.6 Å². The second-order valence-corrected chi connectivity index (χ2v) is 11.0. The standard InChI is InChI=1S/C25H26F2N6O4S/c1-12-5-15(33-37-12)10-36-19-9-29-18(8-30-19)22(34)31-14-6-16(20(27)17(26)7-14)24(3)21-13(2)25(21,11-35-4)38-23(28)32-24/h5-9,13,21H,10-11H2,1-4H3,(H2,28,32)(H,31,34)/t13?,21?,24-,25+/m1/s1. The van der Waals surface area contributed by atoms with Crippen LogP contribution in [0.4, 0.5) is 14.5 Å². The maximum absolute atomic E-state index is 15.2. The first-order chi connectivity index (χ1) is 18.1. The number of carbonyl (C=O) groups excluding carboxylic acids is 1. The average molecular weight is 545 g/mol. The van der Waals surface area contributed by atoms with Gasteiger partial charge in [-0.1, -0.05) is 23.8 Å². The number of nitrogens with two attached hydrogens (primary N) is 1. The molecule has 0 bridgehead atoms. The van der Waals surface area contributed by atoms with Gasteiger partial charge in [0, 0.05) is 36.4 Å². The molecule has 200 valence electrons. The van der Waals surface area contributed by atoms with Crippen molar-refractivity contribution in [3.05, 3.63) is 64.9 Å². The Hall–Kier alpha value is -3.58. The van der Waals surface area contributed by atoms with Crippen molar-refractivity contribution in [1.29, 1.82) is 0 Å². The van der Waals surface area contributed by atoms with E-state index in [0.29, 0.717) is 18.1 Å². The molecule has 13 heteroatoms. The number of amidine groups is 1. The van der Waals surface area contributed by atoms with Gasteiger partial charge < -0.3 is 25.0 Å². The molecule has 1 aliphatic heterocycles. The van der Waals surface area contributed by atoms with Crippen molar-refractivity contribution in [2.75, 3.05) is 19.0 Å². The first-order valence-corrected chi connectivity index (χ1v) is 12.6. The zero-order chi connectivity index (χ0) is 27.2. The minimum atomic E-state index is -1.15. The number of halogens is 2. The van der Waals surface area contributed by atoms with Gasteiger partial charge in [-0.25, -0.2) is 18.7 Å². The number of amides is 1. The van der Waals surface area contributed by atoms with Crippen LogP contribution in [-0.2, 0) is 16.9 Å². The number of anilines is 1. The predicted octanol–water partition coefficient (Wildman–Crippen LogP) is 3.81. The molecular weight excluding hydrogens is 518 g/mol. The van der Waals surface area contributed by atoms with Gasteiger partial charge in [0.1, 0.15) is 23.8 Å². The number of aryl methyl sites for hydroxylation is 1.